The fourth-order valence-corrected chi connectivity index (χ4v) is 3.22. The molecule has 166 valence electrons. The molecule has 31 heavy (non-hydrogen) atoms. The minimum Gasteiger partial charge on any atom is -0.493 e. The van der Waals surface area contributed by atoms with Crippen molar-refractivity contribution < 1.29 is 9.47 Å². The predicted molar refractivity (Wildman–Crippen MR) is 133 cm³/mol. The number of aliphatic imine (C=N–C) groups is 1. The van der Waals surface area contributed by atoms with E-state index in [4.69, 9.17) is 20.9 Å². The van der Waals surface area contributed by atoms with E-state index in [2.05, 4.69) is 37.9 Å². The summed E-state index contributed by atoms with van der Waals surface area (Å²) in [6.07, 6.45) is 8.85. The first kappa shape index (κ1) is 24.5. The maximum atomic E-state index is 5.59. The number of terminal acetylenes is 1. The standard InChI is InChI=1S/C22H28N6O2.HI/c1-4-15-30-20-16-18(7-8-19(20)29-3)17-26-21(23-5-2)27-11-13-28(14-12-27)22-24-9-6-10-25-22;/h1,6-10,16H,5,11-15,17H2,2-3H3,(H,23,26);1H. The van der Waals surface area contributed by atoms with Crippen molar-refractivity contribution in [2.75, 3.05) is 51.3 Å². The molecule has 1 aliphatic heterocycles. The molecule has 8 nitrogen and oxygen atoms in total. The highest BCUT2D eigenvalue weighted by atomic mass is 127. The van der Waals surface area contributed by atoms with Gasteiger partial charge in [0.1, 0.15) is 6.61 Å². The highest BCUT2D eigenvalue weighted by molar-refractivity contribution is 14.0. The van der Waals surface area contributed by atoms with Crippen molar-refractivity contribution in [3.63, 3.8) is 0 Å². The Morgan fingerprint density at radius 1 is 1.19 bits per heavy atom. The van der Waals surface area contributed by atoms with Gasteiger partial charge in [-0.25, -0.2) is 15.0 Å². The molecule has 2 aromatic rings. The van der Waals surface area contributed by atoms with Crippen molar-refractivity contribution in [1.82, 2.24) is 20.2 Å². The molecule has 0 amide bonds. The van der Waals surface area contributed by atoms with Crippen LogP contribution in [0.1, 0.15) is 12.5 Å². The highest BCUT2D eigenvalue weighted by Gasteiger charge is 2.21. The second-order valence-corrected chi connectivity index (χ2v) is 6.67. The normalized spacial score (nSPS) is 13.8. The van der Waals surface area contributed by atoms with Crippen LogP contribution in [0.25, 0.3) is 0 Å². The van der Waals surface area contributed by atoms with Gasteiger partial charge >= 0.3 is 0 Å². The minimum atomic E-state index is 0. The second-order valence-electron chi connectivity index (χ2n) is 6.67. The molecule has 0 spiro atoms. The number of rotatable bonds is 7. The lowest BCUT2D eigenvalue weighted by molar-refractivity contribution is 0.330. The van der Waals surface area contributed by atoms with Gasteiger partial charge in [0.15, 0.2) is 17.5 Å². The Labute approximate surface area is 201 Å². The zero-order valence-corrected chi connectivity index (χ0v) is 20.3. The van der Waals surface area contributed by atoms with E-state index < -0.39 is 0 Å². The molecular weight excluding hydrogens is 507 g/mol. The number of nitrogens with one attached hydrogen (secondary N) is 1. The Kier molecular flexibility index (Phi) is 10.2. The monoisotopic (exact) mass is 536 g/mol. The van der Waals surface area contributed by atoms with Gasteiger partial charge in [-0.3, -0.25) is 0 Å². The number of aromatic nitrogens is 2. The van der Waals surface area contributed by atoms with E-state index in [9.17, 15) is 0 Å². The number of piperazine rings is 1. The Bertz CT molecular complexity index is 879. The van der Waals surface area contributed by atoms with Gasteiger partial charge in [0.2, 0.25) is 5.95 Å². The molecule has 1 aliphatic rings. The molecule has 1 saturated heterocycles. The number of methoxy groups -OCH3 is 1. The number of hydrogen-bond donors (Lipinski definition) is 1. The zero-order chi connectivity index (χ0) is 21.2. The first-order chi connectivity index (χ1) is 14.7. The quantitative estimate of drug-likeness (QED) is 0.252. The van der Waals surface area contributed by atoms with Crippen LogP contribution in [0.3, 0.4) is 0 Å². The van der Waals surface area contributed by atoms with Crippen LogP contribution >= 0.6 is 24.0 Å². The van der Waals surface area contributed by atoms with E-state index >= 15 is 0 Å². The fourth-order valence-electron chi connectivity index (χ4n) is 3.22. The van der Waals surface area contributed by atoms with Crippen LogP contribution in [-0.2, 0) is 6.54 Å². The van der Waals surface area contributed by atoms with Crippen LogP contribution in [-0.4, -0.2) is 67.3 Å². The fraction of sp³-hybridized carbons (Fsp3) is 0.409. The van der Waals surface area contributed by atoms with E-state index in [1.165, 1.54) is 0 Å². The zero-order valence-electron chi connectivity index (χ0n) is 18.0. The Morgan fingerprint density at radius 2 is 1.94 bits per heavy atom. The third-order valence-corrected chi connectivity index (χ3v) is 4.70. The first-order valence-corrected chi connectivity index (χ1v) is 10.0. The smallest absolute Gasteiger partial charge is 0.225 e. The Morgan fingerprint density at radius 3 is 2.58 bits per heavy atom. The Hall–Kier alpha value is -2.74. The summed E-state index contributed by atoms with van der Waals surface area (Å²) in [5, 5.41) is 3.39. The molecule has 2 heterocycles. The molecule has 0 bridgehead atoms. The van der Waals surface area contributed by atoms with E-state index in [1.807, 2.05) is 24.3 Å². The largest absolute Gasteiger partial charge is 0.493 e. The molecule has 0 aliphatic carbocycles. The molecule has 9 heteroatoms. The lowest BCUT2D eigenvalue weighted by Gasteiger charge is -2.36. The SMILES string of the molecule is C#CCOc1cc(CN=C(NCC)N2CCN(c3ncccn3)CC2)ccc1OC.I. The predicted octanol–water partition coefficient (Wildman–Crippen LogP) is 2.40. The van der Waals surface area contributed by atoms with E-state index in [1.54, 1.807) is 19.5 Å². The Balaban J connectivity index is 0.00000341. The van der Waals surface area contributed by atoms with Crippen molar-refractivity contribution in [3.8, 4) is 23.8 Å². The molecule has 0 saturated carbocycles. The van der Waals surface area contributed by atoms with Gasteiger partial charge in [-0.2, -0.15) is 0 Å². The molecular formula is C22H29IN6O2. The van der Waals surface area contributed by atoms with Crippen molar-refractivity contribution in [2.45, 2.75) is 13.5 Å². The third kappa shape index (κ3) is 6.89. The van der Waals surface area contributed by atoms with Crippen LogP contribution in [0.15, 0.2) is 41.7 Å². The van der Waals surface area contributed by atoms with Gasteiger partial charge in [-0.15, -0.1) is 30.4 Å². The topological polar surface area (TPSA) is 75.1 Å². The molecule has 1 N–H and O–H groups in total. The molecule has 3 rings (SSSR count). The minimum absolute atomic E-state index is 0. The number of hydrogen-bond acceptors (Lipinski definition) is 6. The molecule has 1 aromatic carbocycles. The average molecular weight is 536 g/mol. The van der Waals surface area contributed by atoms with Crippen molar-refractivity contribution in [2.24, 2.45) is 4.99 Å². The molecule has 1 aromatic heterocycles. The summed E-state index contributed by atoms with van der Waals surface area (Å²) in [6, 6.07) is 7.62. The van der Waals surface area contributed by atoms with E-state index in [0.717, 1.165) is 50.2 Å². The summed E-state index contributed by atoms with van der Waals surface area (Å²) < 4.78 is 10.9. The maximum absolute atomic E-state index is 5.59. The van der Waals surface area contributed by atoms with E-state index in [-0.39, 0.29) is 30.6 Å². The lowest BCUT2D eigenvalue weighted by atomic mass is 10.2. The van der Waals surface area contributed by atoms with Crippen LogP contribution in [0.5, 0.6) is 11.5 Å². The van der Waals surface area contributed by atoms with Gasteiger partial charge in [0.05, 0.1) is 13.7 Å². The van der Waals surface area contributed by atoms with Crippen LogP contribution in [0, 0.1) is 12.3 Å². The van der Waals surface area contributed by atoms with Gasteiger partial charge in [0, 0.05) is 45.1 Å². The number of guanidine groups is 1. The van der Waals surface area contributed by atoms with Gasteiger partial charge in [-0.1, -0.05) is 12.0 Å². The highest BCUT2D eigenvalue weighted by Crippen LogP contribution is 2.28. The number of anilines is 1. The molecule has 0 unspecified atom stereocenters. The van der Waals surface area contributed by atoms with Crippen molar-refractivity contribution in [3.05, 3.63) is 42.2 Å². The maximum Gasteiger partial charge on any atom is 0.225 e. The van der Waals surface area contributed by atoms with Gasteiger partial charge in [0.25, 0.3) is 0 Å². The number of halogens is 1. The summed E-state index contributed by atoms with van der Waals surface area (Å²) >= 11 is 0. The number of nitrogens with zero attached hydrogens (tertiary/aromatic N) is 5. The number of ether oxygens (including phenoxy) is 2. The van der Waals surface area contributed by atoms with Gasteiger partial charge in [-0.05, 0) is 30.7 Å². The lowest BCUT2D eigenvalue weighted by Crippen LogP contribution is -2.52. The third-order valence-electron chi connectivity index (χ3n) is 4.70. The first-order valence-electron chi connectivity index (χ1n) is 10.0. The van der Waals surface area contributed by atoms with Crippen molar-refractivity contribution in [1.29, 1.82) is 0 Å². The summed E-state index contributed by atoms with van der Waals surface area (Å²) in [5.74, 6) is 5.43. The molecule has 1 fully saturated rings. The molecule has 0 radical (unpaired) electrons. The van der Waals surface area contributed by atoms with Crippen LogP contribution in [0.4, 0.5) is 5.95 Å². The van der Waals surface area contributed by atoms with Crippen LogP contribution < -0.4 is 19.7 Å². The number of benzene rings is 1. The second kappa shape index (κ2) is 12.8. The van der Waals surface area contributed by atoms with Crippen molar-refractivity contribution >= 4 is 35.9 Å². The van der Waals surface area contributed by atoms with E-state index in [0.29, 0.717) is 18.0 Å². The van der Waals surface area contributed by atoms with Gasteiger partial charge < -0.3 is 24.6 Å². The van der Waals surface area contributed by atoms with Crippen LogP contribution in [0.2, 0.25) is 0 Å². The summed E-state index contributed by atoms with van der Waals surface area (Å²) in [6.45, 7) is 7.00. The average Bonchev–Trinajstić information content (AvgIpc) is 2.81. The molecule has 0 atom stereocenters. The summed E-state index contributed by atoms with van der Waals surface area (Å²) in [5.41, 5.74) is 1.02. The summed E-state index contributed by atoms with van der Waals surface area (Å²) in [4.78, 5) is 18.0. The summed E-state index contributed by atoms with van der Waals surface area (Å²) in [7, 11) is 1.61.